The molecule has 2 saturated heterocycles. The maximum absolute atomic E-state index is 13.2. The molecule has 0 aliphatic carbocycles. The number of hydrogen-bond acceptors (Lipinski definition) is 6. The van der Waals surface area contributed by atoms with Crippen molar-refractivity contribution in [2.24, 2.45) is 0 Å². The lowest BCUT2D eigenvalue weighted by atomic mass is 9.73. The topological polar surface area (TPSA) is 97.3 Å². The quantitative estimate of drug-likeness (QED) is 0.561. The van der Waals surface area contributed by atoms with E-state index in [4.69, 9.17) is 25.8 Å². The SMILES string of the molecule is COc1cc2cc(c1Cl)N(C)C(=O)CC[C@@]1(C)C[C@](C)(O1)C1C[C@](O)(C/C=C/C=C(\C)C2)NC(=O)O1. The average molecular weight is 519 g/mol. The van der Waals surface area contributed by atoms with Gasteiger partial charge < -0.3 is 24.2 Å². The maximum Gasteiger partial charge on any atom is 0.409 e. The summed E-state index contributed by atoms with van der Waals surface area (Å²) in [6.45, 7) is 5.83. The second-order valence-corrected chi connectivity index (χ2v) is 11.1. The van der Waals surface area contributed by atoms with Crippen molar-refractivity contribution < 1.29 is 28.9 Å². The van der Waals surface area contributed by atoms with Crippen LogP contribution in [0.15, 0.2) is 35.9 Å². The summed E-state index contributed by atoms with van der Waals surface area (Å²) in [6, 6.07) is 3.79. The molecule has 2 fully saturated rings. The number of benzene rings is 1. The van der Waals surface area contributed by atoms with Crippen molar-refractivity contribution in [2.45, 2.75) is 82.3 Å². The zero-order chi connectivity index (χ0) is 26.3. The molecule has 0 saturated carbocycles. The Labute approximate surface area is 217 Å². The molecule has 4 atom stereocenters. The standard InChI is InChI=1S/C27H35ClN2O6/c1-17-8-6-7-10-27(33)15-21(35-24(32)29-27)26(3)16-25(2,36-26)11-9-22(31)30(4)19-13-18(12-17)14-20(34-5)23(19)28/h6-8,13-14,21,33H,9-12,15-16H2,1-5H3,(H,29,32)/b7-6+,17-8+/t21?,25-,26-,27+/m0/s1. The molecule has 9 heteroatoms. The van der Waals surface area contributed by atoms with Crippen LogP contribution in [-0.2, 0) is 20.7 Å². The largest absolute Gasteiger partial charge is 0.495 e. The molecule has 4 aliphatic rings. The first-order chi connectivity index (χ1) is 16.9. The molecular weight excluding hydrogens is 484 g/mol. The molecule has 0 radical (unpaired) electrons. The number of hydrogen-bond donors (Lipinski definition) is 2. The summed E-state index contributed by atoms with van der Waals surface area (Å²) in [6.07, 6.45) is 6.75. The Morgan fingerprint density at radius 2 is 2.00 bits per heavy atom. The van der Waals surface area contributed by atoms with Gasteiger partial charge >= 0.3 is 6.09 Å². The molecule has 1 unspecified atom stereocenters. The Morgan fingerprint density at radius 1 is 1.28 bits per heavy atom. The lowest BCUT2D eigenvalue weighted by Gasteiger charge is -2.57. The van der Waals surface area contributed by atoms with Crippen LogP contribution in [0.25, 0.3) is 0 Å². The molecule has 1 aromatic rings. The normalized spacial score (nSPS) is 35.6. The highest BCUT2D eigenvalue weighted by Gasteiger charge is 2.58. The predicted octanol–water partition coefficient (Wildman–Crippen LogP) is 4.67. The van der Waals surface area contributed by atoms with Gasteiger partial charge in [0.25, 0.3) is 0 Å². The van der Waals surface area contributed by atoms with Crippen molar-refractivity contribution in [1.29, 1.82) is 0 Å². The van der Waals surface area contributed by atoms with Crippen LogP contribution in [0.3, 0.4) is 0 Å². The highest BCUT2D eigenvalue weighted by atomic mass is 35.5. The number of amides is 2. The van der Waals surface area contributed by atoms with E-state index in [-0.39, 0.29) is 25.2 Å². The molecule has 2 amide bonds. The van der Waals surface area contributed by atoms with E-state index in [0.29, 0.717) is 35.7 Å². The van der Waals surface area contributed by atoms with E-state index in [9.17, 15) is 14.7 Å². The Bertz CT molecular complexity index is 1110. The zero-order valence-corrected chi connectivity index (χ0v) is 22.3. The zero-order valence-electron chi connectivity index (χ0n) is 21.5. The fourth-order valence-electron chi connectivity index (χ4n) is 5.52. The summed E-state index contributed by atoms with van der Waals surface area (Å²) in [5.41, 5.74) is -0.123. The van der Waals surface area contributed by atoms with Gasteiger partial charge in [-0.15, -0.1) is 0 Å². The first-order valence-corrected chi connectivity index (χ1v) is 12.6. The number of carbonyl (C=O) groups excluding carboxylic acids is 2. The smallest absolute Gasteiger partial charge is 0.409 e. The minimum absolute atomic E-state index is 0.0923. The molecule has 4 heterocycles. The van der Waals surface area contributed by atoms with E-state index in [0.717, 1.165) is 11.1 Å². The fraction of sp³-hybridized carbons (Fsp3) is 0.556. The molecule has 2 N–H and O–H groups in total. The average Bonchev–Trinajstić information content (AvgIpc) is 2.78. The number of methoxy groups -OCH3 is 1. The van der Waals surface area contributed by atoms with Gasteiger partial charge in [0.2, 0.25) is 5.91 Å². The van der Waals surface area contributed by atoms with Gasteiger partial charge in [0.15, 0.2) is 0 Å². The molecular formula is C27H35ClN2O6. The third-order valence-corrected chi connectivity index (χ3v) is 7.73. The summed E-state index contributed by atoms with van der Waals surface area (Å²) in [5, 5.41) is 14.0. The van der Waals surface area contributed by atoms with E-state index >= 15 is 0 Å². The van der Waals surface area contributed by atoms with Crippen molar-refractivity contribution in [3.63, 3.8) is 0 Å². The van der Waals surface area contributed by atoms with Crippen LogP contribution in [0.5, 0.6) is 5.75 Å². The maximum atomic E-state index is 13.2. The molecule has 8 nitrogen and oxygen atoms in total. The van der Waals surface area contributed by atoms with Crippen LogP contribution < -0.4 is 15.0 Å². The van der Waals surface area contributed by atoms with Gasteiger partial charge in [0, 0.05) is 32.7 Å². The molecule has 0 spiro atoms. The number of fused-ring (bicyclic) bond motifs is 6. The number of nitrogens with zero attached hydrogens (tertiary/aromatic N) is 1. The van der Waals surface area contributed by atoms with Crippen LogP contribution in [-0.4, -0.2) is 54.3 Å². The number of alkyl carbamates (subject to hydrolysis) is 1. The number of carbonyl (C=O) groups is 2. The number of nitrogens with one attached hydrogen (secondary N) is 1. The van der Waals surface area contributed by atoms with Crippen molar-refractivity contribution in [3.8, 4) is 5.75 Å². The second kappa shape index (κ2) is 9.72. The summed E-state index contributed by atoms with van der Waals surface area (Å²) >= 11 is 6.59. The molecule has 196 valence electrons. The molecule has 4 aliphatic heterocycles. The van der Waals surface area contributed by atoms with Crippen LogP contribution in [0, 0.1) is 0 Å². The van der Waals surface area contributed by atoms with Crippen molar-refractivity contribution in [3.05, 3.63) is 46.5 Å². The summed E-state index contributed by atoms with van der Waals surface area (Å²) < 4.78 is 17.3. The van der Waals surface area contributed by atoms with Crippen molar-refractivity contribution in [1.82, 2.24) is 5.32 Å². The van der Waals surface area contributed by atoms with Gasteiger partial charge in [0.1, 0.15) is 28.2 Å². The van der Waals surface area contributed by atoms with Gasteiger partial charge in [-0.2, -0.15) is 0 Å². The molecule has 1 aromatic carbocycles. The molecule has 0 aromatic heterocycles. The van der Waals surface area contributed by atoms with Gasteiger partial charge in [-0.1, -0.05) is 35.4 Å². The van der Waals surface area contributed by atoms with E-state index in [2.05, 4.69) is 5.32 Å². The van der Waals surface area contributed by atoms with Crippen molar-refractivity contribution in [2.75, 3.05) is 19.1 Å². The van der Waals surface area contributed by atoms with Crippen molar-refractivity contribution >= 4 is 29.3 Å². The van der Waals surface area contributed by atoms with Gasteiger partial charge in [-0.05, 0) is 51.3 Å². The van der Waals surface area contributed by atoms with E-state index < -0.39 is 29.1 Å². The number of rotatable bonds is 1. The number of aliphatic hydroxyl groups is 1. The lowest BCUT2D eigenvalue weighted by Crippen LogP contribution is -2.68. The van der Waals surface area contributed by atoms with Crippen LogP contribution in [0.4, 0.5) is 10.5 Å². The van der Waals surface area contributed by atoms with Crippen LogP contribution in [0.2, 0.25) is 5.02 Å². The Kier molecular flexibility index (Phi) is 7.16. The third kappa shape index (κ3) is 5.41. The summed E-state index contributed by atoms with van der Waals surface area (Å²) in [7, 11) is 3.27. The van der Waals surface area contributed by atoms with Gasteiger partial charge in [-0.25, -0.2) is 4.79 Å². The van der Waals surface area contributed by atoms with E-state index in [1.165, 1.54) is 0 Å². The minimum Gasteiger partial charge on any atom is -0.495 e. The molecule has 5 rings (SSSR count). The molecule has 36 heavy (non-hydrogen) atoms. The first kappa shape index (κ1) is 26.5. The third-order valence-electron chi connectivity index (χ3n) is 7.35. The Morgan fingerprint density at radius 3 is 2.69 bits per heavy atom. The first-order valence-electron chi connectivity index (χ1n) is 12.2. The van der Waals surface area contributed by atoms with Gasteiger partial charge in [0.05, 0.1) is 18.4 Å². The highest BCUT2D eigenvalue weighted by molar-refractivity contribution is 6.35. The van der Waals surface area contributed by atoms with Gasteiger partial charge in [-0.3, -0.25) is 10.1 Å². The number of anilines is 1. The predicted molar refractivity (Wildman–Crippen MR) is 137 cm³/mol. The van der Waals surface area contributed by atoms with Crippen LogP contribution in [0.1, 0.15) is 58.4 Å². The van der Waals surface area contributed by atoms with Crippen LogP contribution >= 0.6 is 11.6 Å². The fourth-order valence-corrected chi connectivity index (χ4v) is 5.83. The number of ether oxygens (including phenoxy) is 3. The summed E-state index contributed by atoms with van der Waals surface area (Å²) in [4.78, 5) is 27.0. The lowest BCUT2D eigenvalue weighted by molar-refractivity contribution is -0.302. The number of allylic oxidation sites excluding steroid dienone is 3. The molecule has 6 bridgehead atoms. The summed E-state index contributed by atoms with van der Waals surface area (Å²) in [5.74, 6) is 0.415. The highest BCUT2D eigenvalue weighted by Crippen LogP contribution is 2.49. The van der Waals surface area contributed by atoms with E-state index in [1.54, 1.807) is 19.1 Å². The number of halogens is 1. The Balaban J connectivity index is 1.67. The minimum atomic E-state index is -1.43. The second-order valence-electron chi connectivity index (χ2n) is 10.7. The van der Waals surface area contributed by atoms with E-state index in [1.807, 2.05) is 51.1 Å². The Hall–Kier alpha value is -2.55. The monoisotopic (exact) mass is 518 g/mol.